The maximum Gasteiger partial charge on any atom is 0.241 e. The number of carbonyl (C=O) groups excluding carboxylic acids is 1. The van der Waals surface area contributed by atoms with E-state index in [1.807, 2.05) is 49.4 Å². The SMILES string of the molecule is CCC(CC)NC(C)C(=O)Nc1ccccc1Sc1ccccc1. The molecule has 24 heavy (non-hydrogen) atoms. The molecule has 0 heterocycles. The van der Waals surface area contributed by atoms with Crippen molar-refractivity contribution in [2.45, 2.75) is 55.5 Å². The van der Waals surface area contributed by atoms with Crippen molar-refractivity contribution in [2.24, 2.45) is 0 Å². The van der Waals surface area contributed by atoms with Gasteiger partial charge >= 0.3 is 0 Å². The molecule has 0 aromatic heterocycles. The smallest absolute Gasteiger partial charge is 0.241 e. The van der Waals surface area contributed by atoms with Crippen LogP contribution in [0, 0.1) is 0 Å². The molecule has 0 aliphatic heterocycles. The van der Waals surface area contributed by atoms with Gasteiger partial charge in [-0.15, -0.1) is 0 Å². The standard InChI is InChI=1S/C20H26N2OS/c1-4-16(5-2)21-15(3)20(23)22-18-13-9-10-14-19(18)24-17-11-7-6-8-12-17/h6-16,21H,4-5H2,1-3H3,(H,22,23). The highest BCUT2D eigenvalue weighted by atomic mass is 32.2. The highest BCUT2D eigenvalue weighted by Gasteiger charge is 2.17. The predicted octanol–water partition coefficient (Wildman–Crippen LogP) is 4.94. The molecule has 1 unspecified atom stereocenters. The van der Waals surface area contributed by atoms with Crippen molar-refractivity contribution < 1.29 is 4.79 Å². The third kappa shape index (κ3) is 5.39. The maximum atomic E-state index is 12.5. The van der Waals surface area contributed by atoms with Crippen LogP contribution < -0.4 is 10.6 Å². The zero-order valence-corrected chi connectivity index (χ0v) is 15.4. The number of para-hydroxylation sites is 1. The predicted molar refractivity (Wildman–Crippen MR) is 103 cm³/mol. The average Bonchev–Trinajstić information content (AvgIpc) is 2.62. The van der Waals surface area contributed by atoms with Crippen LogP contribution in [0.1, 0.15) is 33.6 Å². The van der Waals surface area contributed by atoms with E-state index in [0.717, 1.165) is 28.3 Å². The Morgan fingerprint density at radius 1 is 1.00 bits per heavy atom. The lowest BCUT2D eigenvalue weighted by molar-refractivity contribution is -0.118. The molecule has 1 amide bonds. The van der Waals surface area contributed by atoms with E-state index in [2.05, 4.69) is 36.6 Å². The van der Waals surface area contributed by atoms with Crippen molar-refractivity contribution in [1.82, 2.24) is 5.32 Å². The fourth-order valence-electron chi connectivity index (χ4n) is 2.47. The summed E-state index contributed by atoms with van der Waals surface area (Å²) in [6.07, 6.45) is 2.04. The average molecular weight is 343 g/mol. The number of anilines is 1. The van der Waals surface area contributed by atoms with Gasteiger partial charge in [-0.3, -0.25) is 4.79 Å². The summed E-state index contributed by atoms with van der Waals surface area (Å²) in [6, 6.07) is 18.3. The van der Waals surface area contributed by atoms with Gasteiger partial charge in [0.25, 0.3) is 0 Å². The Hall–Kier alpha value is -1.78. The summed E-state index contributed by atoms with van der Waals surface area (Å²) in [5.41, 5.74) is 0.856. The van der Waals surface area contributed by atoms with Crippen molar-refractivity contribution in [1.29, 1.82) is 0 Å². The minimum Gasteiger partial charge on any atom is -0.324 e. The first-order valence-electron chi connectivity index (χ1n) is 8.52. The van der Waals surface area contributed by atoms with Gasteiger partial charge in [-0.25, -0.2) is 0 Å². The summed E-state index contributed by atoms with van der Waals surface area (Å²) in [5.74, 6) is 0.00279. The Labute approximate surface area is 149 Å². The molecule has 1 atom stereocenters. The molecule has 0 saturated heterocycles. The lowest BCUT2D eigenvalue weighted by atomic mass is 10.1. The summed E-state index contributed by atoms with van der Waals surface area (Å²) in [5, 5.41) is 6.45. The molecule has 0 spiro atoms. The number of rotatable bonds is 8. The van der Waals surface area contributed by atoms with Gasteiger partial charge in [0.15, 0.2) is 0 Å². The van der Waals surface area contributed by atoms with Crippen molar-refractivity contribution in [2.75, 3.05) is 5.32 Å². The number of hydrogen-bond donors (Lipinski definition) is 2. The van der Waals surface area contributed by atoms with E-state index < -0.39 is 0 Å². The van der Waals surface area contributed by atoms with E-state index in [-0.39, 0.29) is 11.9 Å². The van der Waals surface area contributed by atoms with Crippen LogP contribution in [-0.2, 0) is 4.79 Å². The van der Waals surface area contributed by atoms with Crippen molar-refractivity contribution in [3.05, 3.63) is 54.6 Å². The summed E-state index contributed by atoms with van der Waals surface area (Å²) in [4.78, 5) is 14.7. The molecule has 0 fully saturated rings. The minimum atomic E-state index is -0.218. The number of benzene rings is 2. The van der Waals surface area contributed by atoms with E-state index in [9.17, 15) is 4.79 Å². The Kier molecular flexibility index (Phi) is 7.35. The van der Waals surface area contributed by atoms with Crippen LogP contribution in [0.15, 0.2) is 64.4 Å². The molecular weight excluding hydrogens is 316 g/mol. The van der Waals surface area contributed by atoms with Crippen LogP contribution >= 0.6 is 11.8 Å². The summed E-state index contributed by atoms with van der Waals surface area (Å²) in [6.45, 7) is 6.19. The molecule has 0 bridgehead atoms. The van der Waals surface area contributed by atoms with Gasteiger partial charge in [0.05, 0.1) is 11.7 Å². The first-order valence-corrected chi connectivity index (χ1v) is 9.34. The minimum absolute atomic E-state index is 0.00279. The zero-order chi connectivity index (χ0) is 17.4. The molecule has 2 aromatic carbocycles. The van der Waals surface area contributed by atoms with Gasteiger partial charge in [-0.2, -0.15) is 0 Å². The first-order chi connectivity index (χ1) is 11.6. The van der Waals surface area contributed by atoms with Gasteiger partial charge in [-0.05, 0) is 44.0 Å². The topological polar surface area (TPSA) is 41.1 Å². The third-order valence-corrected chi connectivity index (χ3v) is 5.06. The fraction of sp³-hybridized carbons (Fsp3) is 0.350. The molecule has 4 heteroatoms. The lowest BCUT2D eigenvalue weighted by Crippen LogP contribution is -2.43. The van der Waals surface area contributed by atoms with Crippen molar-refractivity contribution >= 4 is 23.4 Å². The Morgan fingerprint density at radius 3 is 2.29 bits per heavy atom. The molecule has 0 aliphatic carbocycles. The molecular formula is C20H26N2OS. The summed E-state index contributed by atoms with van der Waals surface area (Å²) < 4.78 is 0. The van der Waals surface area contributed by atoms with Crippen molar-refractivity contribution in [3.63, 3.8) is 0 Å². The van der Waals surface area contributed by atoms with Gasteiger partial charge in [0.2, 0.25) is 5.91 Å². The Morgan fingerprint density at radius 2 is 1.62 bits per heavy atom. The zero-order valence-electron chi connectivity index (χ0n) is 14.6. The normalized spacial score (nSPS) is 12.2. The second-order valence-electron chi connectivity index (χ2n) is 5.80. The highest BCUT2D eigenvalue weighted by Crippen LogP contribution is 2.33. The lowest BCUT2D eigenvalue weighted by Gasteiger charge is -2.21. The van der Waals surface area contributed by atoms with Crippen LogP contribution in [0.3, 0.4) is 0 Å². The van der Waals surface area contributed by atoms with E-state index in [4.69, 9.17) is 0 Å². The number of carbonyl (C=O) groups is 1. The van der Waals surface area contributed by atoms with E-state index >= 15 is 0 Å². The molecule has 128 valence electrons. The van der Waals surface area contributed by atoms with Gasteiger partial charge in [-0.1, -0.05) is 55.9 Å². The molecule has 2 aromatic rings. The van der Waals surface area contributed by atoms with E-state index in [1.165, 1.54) is 0 Å². The van der Waals surface area contributed by atoms with Crippen LogP contribution in [-0.4, -0.2) is 18.0 Å². The molecule has 2 rings (SSSR count). The third-order valence-electron chi connectivity index (χ3n) is 3.98. The van der Waals surface area contributed by atoms with E-state index in [0.29, 0.717) is 6.04 Å². The second-order valence-corrected chi connectivity index (χ2v) is 6.92. The van der Waals surface area contributed by atoms with Gasteiger partial charge < -0.3 is 10.6 Å². The molecule has 2 N–H and O–H groups in total. The molecule has 0 radical (unpaired) electrons. The summed E-state index contributed by atoms with van der Waals surface area (Å²) >= 11 is 1.66. The van der Waals surface area contributed by atoms with Gasteiger partial charge in [0.1, 0.15) is 0 Å². The number of hydrogen-bond acceptors (Lipinski definition) is 3. The molecule has 3 nitrogen and oxygen atoms in total. The maximum absolute atomic E-state index is 12.5. The van der Waals surface area contributed by atoms with Gasteiger partial charge in [0, 0.05) is 15.8 Å². The first kappa shape index (κ1) is 18.6. The Balaban J connectivity index is 2.05. The van der Waals surface area contributed by atoms with Crippen molar-refractivity contribution in [3.8, 4) is 0 Å². The van der Waals surface area contributed by atoms with Crippen LogP contribution in [0.25, 0.3) is 0 Å². The highest BCUT2D eigenvalue weighted by molar-refractivity contribution is 7.99. The number of amides is 1. The molecule has 0 saturated carbocycles. The molecule has 0 aliphatic rings. The second kappa shape index (κ2) is 9.50. The fourth-order valence-corrected chi connectivity index (χ4v) is 3.39. The Bertz CT molecular complexity index is 641. The van der Waals surface area contributed by atoms with Crippen LogP contribution in [0.2, 0.25) is 0 Å². The largest absolute Gasteiger partial charge is 0.324 e. The van der Waals surface area contributed by atoms with Crippen LogP contribution in [0.5, 0.6) is 0 Å². The number of nitrogens with one attached hydrogen (secondary N) is 2. The van der Waals surface area contributed by atoms with E-state index in [1.54, 1.807) is 11.8 Å². The monoisotopic (exact) mass is 342 g/mol. The van der Waals surface area contributed by atoms with Crippen LogP contribution in [0.4, 0.5) is 5.69 Å². The summed E-state index contributed by atoms with van der Waals surface area (Å²) in [7, 11) is 0. The quantitative estimate of drug-likeness (QED) is 0.714.